The molecule has 0 saturated carbocycles. The standard InChI is InChI=1S/C16H15ClN2O/c17-14-6-5-12(9-15(14)18)16(20)19-13-7-10-3-1-2-4-11(10)8-13/h1-6,9,13H,7-8,18H2,(H,19,20). The van der Waals surface area contributed by atoms with Crippen LogP contribution in [0.5, 0.6) is 0 Å². The van der Waals surface area contributed by atoms with E-state index < -0.39 is 0 Å². The van der Waals surface area contributed by atoms with Crippen LogP contribution in [-0.2, 0) is 12.8 Å². The van der Waals surface area contributed by atoms with Crippen LogP contribution in [0.3, 0.4) is 0 Å². The molecule has 3 nitrogen and oxygen atoms in total. The fourth-order valence-corrected chi connectivity index (χ4v) is 2.73. The van der Waals surface area contributed by atoms with Crippen LogP contribution in [0.15, 0.2) is 42.5 Å². The molecule has 0 radical (unpaired) electrons. The van der Waals surface area contributed by atoms with E-state index in [0.717, 1.165) is 12.8 Å². The number of halogens is 1. The SMILES string of the molecule is Nc1cc(C(=O)NC2Cc3ccccc3C2)ccc1Cl. The lowest BCUT2D eigenvalue weighted by molar-refractivity contribution is 0.0938. The number of nitrogens with one attached hydrogen (secondary N) is 1. The van der Waals surface area contributed by atoms with Crippen LogP contribution in [-0.4, -0.2) is 11.9 Å². The molecule has 0 aliphatic heterocycles. The number of amides is 1. The molecule has 3 N–H and O–H groups in total. The van der Waals surface area contributed by atoms with Crippen LogP contribution in [0.4, 0.5) is 5.69 Å². The van der Waals surface area contributed by atoms with Gasteiger partial charge in [-0.15, -0.1) is 0 Å². The Balaban J connectivity index is 1.70. The number of hydrogen-bond donors (Lipinski definition) is 2. The van der Waals surface area contributed by atoms with E-state index in [2.05, 4.69) is 17.4 Å². The van der Waals surface area contributed by atoms with Gasteiger partial charge in [0.1, 0.15) is 0 Å². The minimum Gasteiger partial charge on any atom is -0.398 e. The number of fused-ring (bicyclic) bond motifs is 1. The molecule has 2 aromatic carbocycles. The van der Waals surface area contributed by atoms with Crippen LogP contribution in [0, 0.1) is 0 Å². The molecule has 2 aromatic rings. The molecular weight excluding hydrogens is 272 g/mol. The molecule has 1 aliphatic rings. The molecule has 0 saturated heterocycles. The molecule has 20 heavy (non-hydrogen) atoms. The van der Waals surface area contributed by atoms with E-state index in [1.54, 1.807) is 18.2 Å². The maximum absolute atomic E-state index is 12.2. The number of carbonyl (C=O) groups is 1. The number of carbonyl (C=O) groups excluding carboxylic acids is 1. The zero-order valence-electron chi connectivity index (χ0n) is 10.9. The van der Waals surface area contributed by atoms with Gasteiger partial charge in [-0.1, -0.05) is 35.9 Å². The zero-order chi connectivity index (χ0) is 14.1. The molecule has 0 atom stereocenters. The van der Waals surface area contributed by atoms with Gasteiger partial charge in [0.25, 0.3) is 5.91 Å². The van der Waals surface area contributed by atoms with E-state index in [-0.39, 0.29) is 11.9 Å². The molecular formula is C16H15ClN2O. The van der Waals surface area contributed by atoms with Crippen molar-refractivity contribution in [3.63, 3.8) is 0 Å². The highest BCUT2D eigenvalue weighted by Crippen LogP contribution is 2.23. The second-order valence-corrected chi connectivity index (χ2v) is 5.49. The summed E-state index contributed by atoms with van der Waals surface area (Å²) in [4.78, 5) is 12.2. The summed E-state index contributed by atoms with van der Waals surface area (Å²) in [5, 5.41) is 3.52. The molecule has 3 rings (SSSR count). The summed E-state index contributed by atoms with van der Waals surface area (Å²) in [6.45, 7) is 0. The van der Waals surface area contributed by atoms with Gasteiger partial charge >= 0.3 is 0 Å². The number of benzene rings is 2. The normalized spacial score (nSPS) is 14.1. The van der Waals surface area contributed by atoms with Gasteiger partial charge in [-0.25, -0.2) is 0 Å². The Bertz CT molecular complexity index is 644. The number of rotatable bonds is 2. The molecule has 0 heterocycles. The zero-order valence-corrected chi connectivity index (χ0v) is 11.7. The average Bonchev–Trinajstić information content (AvgIpc) is 2.83. The maximum atomic E-state index is 12.2. The van der Waals surface area contributed by atoms with E-state index in [9.17, 15) is 4.79 Å². The summed E-state index contributed by atoms with van der Waals surface area (Å²) in [7, 11) is 0. The Morgan fingerprint density at radius 1 is 1.15 bits per heavy atom. The van der Waals surface area contributed by atoms with Gasteiger partial charge in [-0.05, 0) is 42.2 Å². The van der Waals surface area contributed by atoms with Crippen molar-refractivity contribution in [2.24, 2.45) is 0 Å². The molecule has 102 valence electrons. The number of nitrogen functional groups attached to an aromatic ring is 1. The van der Waals surface area contributed by atoms with Crippen LogP contribution in [0.1, 0.15) is 21.5 Å². The summed E-state index contributed by atoms with van der Waals surface area (Å²) < 4.78 is 0. The van der Waals surface area contributed by atoms with Crippen molar-refractivity contribution in [2.75, 3.05) is 5.73 Å². The van der Waals surface area contributed by atoms with Crippen molar-refractivity contribution in [2.45, 2.75) is 18.9 Å². The largest absolute Gasteiger partial charge is 0.398 e. The Kier molecular flexibility index (Phi) is 3.36. The van der Waals surface area contributed by atoms with E-state index in [0.29, 0.717) is 16.3 Å². The van der Waals surface area contributed by atoms with Crippen molar-refractivity contribution >= 4 is 23.2 Å². The third-order valence-corrected chi connectivity index (χ3v) is 3.99. The molecule has 4 heteroatoms. The van der Waals surface area contributed by atoms with Crippen LogP contribution >= 0.6 is 11.6 Å². The Morgan fingerprint density at radius 2 is 1.80 bits per heavy atom. The first kappa shape index (κ1) is 13.0. The van der Waals surface area contributed by atoms with Gasteiger partial charge in [0, 0.05) is 11.6 Å². The van der Waals surface area contributed by atoms with Crippen molar-refractivity contribution in [3.05, 3.63) is 64.2 Å². The Morgan fingerprint density at radius 3 is 2.40 bits per heavy atom. The molecule has 0 bridgehead atoms. The first-order valence-corrected chi connectivity index (χ1v) is 6.94. The van der Waals surface area contributed by atoms with Gasteiger partial charge in [0.05, 0.1) is 10.7 Å². The molecule has 1 aliphatic carbocycles. The van der Waals surface area contributed by atoms with E-state index >= 15 is 0 Å². The van der Waals surface area contributed by atoms with E-state index in [1.165, 1.54) is 11.1 Å². The molecule has 0 spiro atoms. The second kappa shape index (κ2) is 5.17. The van der Waals surface area contributed by atoms with Gasteiger partial charge in [-0.3, -0.25) is 4.79 Å². The number of hydrogen-bond acceptors (Lipinski definition) is 2. The minimum atomic E-state index is -0.105. The molecule has 0 aromatic heterocycles. The highest BCUT2D eigenvalue weighted by atomic mass is 35.5. The lowest BCUT2D eigenvalue weighted by Gasteiger charge is -2.12. The fraction of sp³-hybridized carbons (Fsp3) is 0.188. The van der Waals surface area contributed by atoms with Crippen molar-refractivity contribution in [3.8, 4) is 0 Å². The van der Waals surface area contributed by atoms with Crippen molar-refractivity contribution < 1.29 is 4.79 Å². The summed E-state index contributed by atoms with van der Waals surface area (Å²) in [5.74, 6) is -0.105. The lowest BCUT2D eigenvalue weighted by Crippen LogP contribution is -2.35. The number of anilines is 1. The third kappa shape index (κ3) is 2.49. The Labute approximate surface area is 122 Å². The van der Waals surface area contributed by atoms with Gasteiger partial charge in [0.2, 0.25) is 0 Å². The van der Waals surface area contributed by atoms with E-state index in [1.807, 2.05) is 12.1 Å². The molecule has 0 unspecified atom stereocenters. The summed E-state index contributed by atoms with van der Waals surface area (Å²) in [6.07, 6.45) is 1.76. The van der Waals surface area contributed by atoms with Gasteiger partial charge in [0.15, 0.2) is 0 Å². The molecule has 1 amide bonds. The predicted octanol–water partition coefficient (Wildman–Crippen LogP) is 2.82. The first-order valence-electron chi connectivity index (χ1n) is 6.56. The summed E-state index contributed by atoms with van der Waals surface area (Å²) in [5.41, 5.74) is 9.32. The first-order chi connectivity index (χ1) is 9.63. The Hall–Kier alpha value is -2.00. The summed E-state index contributed by atoms with van der Waals surface area (Å²) in [6, 6.07) is 13.4. The second-order valence-electron chi connectivity index (χ2n) is 5.08. The smallest absolute Gasteiger partial charge is 0.251 e. The van der Waals surface area contributed by atoms with Crippen LogP contribution in [0.25, 0.3) is 0 Å². The van der Waals surface area contributed by atoms with Crippen LogP contribution < -0.4 is 11.1 Å². The van der Waals surface area contributed by atoms with Crippen LogP contribution in [0.2, 0.25) is 5.02 Å². The number of nitrogens with two attached hydrogens (primary N) is 1. The topological polar surface area (TPSA) is 55.1 Å². The fourth-order valence-electron chi connectivity index (χ4n) is 2.61. The average molecular weight is 287 g/mol. The van der Waals surface area contributed by atoms with Crippen molar-refractivity contribution in [1.29, 1.82) is 0 Å². The van der Waals surface area contributed by atoms with Gasteiger partial charge < -0.3 is 11.1 Å². The third-order valence-electron chi connectivity index (χ3n) is 3.64. The predicted molar refractivity (Wildman–Crippen MR) is 81.0 cm³/mol. The summed E-state index contributed by atoms with van der Waals surface area (Å²) >= 11 is 5.86. The lowest BCUT2D eigenvalue weighted by atomic mass is 10.1. The monoisotopic (exact) mass is 286 g/mol. The highest BCUT2D eigenvalue weighted by molar-refractivity contribution is 6.33. The highest BCUT2D eigenvalue weighted by Gasteiger charge is 2.22. The minimum absolute atomic E-state index is 0.105. The van der Waals surface area contributed by atoms with E-state index in [4.69, 9.17) is 17.3 Å². The van der Waals surface area contributed by atoms with Gasteiger partial charge in [-0.2, -0.15) is 0 Å². The van der Waals surface area contributed by atoms with Crippen molar-refractivity contribution in [1.82, 2.24) is 5.32 Å². The quantitative estimate of drug-likeness (QED) is 0.834. The maximum Gasteiger partial charge on any atom is 0.251 e. The molecule has 0 fully saturated rings.